The molecule has 86 valence electrons. The van der Waals surface area contributed by atoms with Gasteiger partial charge in [-0.2, -0.15) is 5.06 Å². The number of ether oxygens (including phenoxy) is 2. The molecule has 0 radical (unpaired) electrons. The molecule has 2 amide bonds. The molecular weight excluding hydrogens is 212 g/mol. The summed E-state index contributed by atoms with van der Waals surface area (Å²) in [5.41, 5.74) is 5.70. The van der Waals surface area contributed by atoms with Gasteiger partial charge in [0.05, 0.1) is 7.11 Å². The number of methoxy groups -OCH3 is 1. The van der Waals surface area contributed by atoms with Gasteiger partial charge in [0.1, 0.15) is 24.1 Å². The van der Waals surface area contributed by atoms with Crippen LogP contribution in [-0.2, 0) is 0 Å². The summed E-state index contributed by atoms with van der Waals surface area (Å²) in [7, 11) is 1.55. The summed E-state index contributed by atoms with van der Waals surface area (Å²) in [6.07, 6.45) is 0. The second-order valence-electron chi connectivity index (χ2n) is 3.41. The quantitative estimate of drug-likeness (QED) is 0.577. The van der Waals surface area contributed by atoms with Crippen molar-refractivity contribution < 1.29 is 19.5 Å². The number of carbonyl (C=O) groups excluding carboxylic acids is 1. The van der Waals surface area contributed by atoms with Crippen molar-refractivity contribution in [2.24, 2.45) is 5.73 Å². The summed E-state index contributed by atoms with van der Waals surface area (Å²) in [4.78, 5) is 10.8. The van der Waals surface area contributed by atoms with Crippen LogP contribution in [0.1, 0.15) is 11.6 Å². The van der Waals surface area contributed by atoms with Crippen molar-refractivity contribution in [3.8, 4) is 11.5 Å². The maximum Gasteiger partial charge on any atom is 0.339 e. The van der Waals surface area contributed by atoms with Gasteiger partial charge in [-0.1, -0.05) is 0 Å². The van der Waals surface area contributed by atoms with Gasteiger partial charge in [-0.25, -0.2) is 4.79 Å². The lowest BCUT2D eigenvalue weighted by molar-refractivity contribution is -0.0798. The Kier molecular flexibility index (Phi) is 2.57. The summed E-state index contributed by atoms with van der Waals surface area (Å²) in [5.74, 6) is 1.24. The minimum atomic E-state index is -0.905. The van der Waals surface area contributed by atoms with Crippen molar-refractivity contribution in [1.82, 2.24) is 5.06 Å². The zero-order valence-corrected chi connectivity index (χ0v) is 8.71. The van der Waals surface area contributed by atoms with Crippen molar-refractivity contribution in [2.75, 3.05) is 13.7 Å². The average molecular weight is 224 g/mol. The van der Waals surface area contributed by atoms with Crippen LogP contribution in [-0.4, -0.2) is 30.0 Å². The number of amides is 2. The van der Waals surface area contributed by atoms with Crippen LogP contribution in [0, 0.1) is 0 Å². The largest absolute Gasteiger partial charge is 0.497 e. The van der Waals surface area contributed by atoms with Crippen molar-refractivity contribution in [2.45, 2.75) is 6.04 Å². The number of fused-ring (bicyclic) bond motifs is 1. The van der Waals surface area contributed by atoms with Crippen molar-refractivity contribution in [1.29, 1.82) is 0 Å². The Morgan fingerprint density at radius 3 is 3.06 bits per heavy atom. The second-order valence-corrected chi connectivity index (χ2v) is 3.41. The van der Waals surface area contributed by atoms with Crippen molar-refractivity contribution >= 4 is 6.03 Å². The molecule has 1 aromatic rings. The Labute approximate surface area is 92.1 Å². The molecule has 1 aromatic carbocycles. The molecule has 0 bridgehead atoms. The van der Waals surface area contributed by atoms with E-state index in [0.29, 0.717) is 22.1 Å². The van der Waals surface area contributed by atoms with Gasteiger partial charge in [0.2, 0.25) is 0 Å². The highest BCUT2D eigenvalue weighted by Crippen LogP contribution is 2.37. The number of nitrogens with zero attached hydrogens (tertiary/aromatic N) is 1. The van der Waals surface area contributed by atoms with Gasteiger partial charge >= 0.3 is 6.03 Å². The first-order valence-electron chi connectivity index (χ1n) is 4.71. The molecule has 0 saturated heterocycles. The molecule has 2 rings (SSSR count). The number of nitrogens with two attached hydrogens (primary N) is 1. The Morgan fingerprint density at radius 2 is 2.44 bits per heavy atom. The first-order valence-corrected chi connectivity index (χ1v) is 4.71. The Balaban J connectivity index is 2.30. The van der Waals surface area contributed by atoms with Crippen LogP contribution >= 0.6 is 0 Å². The number of hydrogen-bond donors (Lipinski definition) is 2. The van der Waals surface area contributed by atoms with Crippen LogP contribution < -0.4 is 15.2 Å². The molecule has 1 aliphatic heterocycles. The fraction of sp³-hybridized carbons (Fsp3) is 0.300. The van der Waals surface area contributed by atoms with Gasteiger partial charge in [-0.15, -0.1) is 0 Å². The number of hydroxylamine groups is 2. The van der Waals surface area contributed by atoms with E-state index in [1.54, 1.807) is 25.3 Å². The van der Waals surface area contributed by atoms with Crippen LogP contribution in [0.3, 0.4) is 0 Å². The summed E-state index contributed by atoms with van der Waals surface area (Å²) in [5, 5.41) is 9.92. The van der Waals surface area contributed by atoms with Gasteiger partial charge in [0.25, 0.3) is 0 Å². The fourth-order valence-electron chi connectivity index (χ4n) is 1.66. The Morgan fingerprint density at radius 1 is 1.69 bits per heavy atom. The topological polar surface area (TPSA) is 85.0 Å². The molecule has 6 heteroatoms. The summed E-state index contributed by atoms with van der Waals surface area (Å²) in [6.45, 7) is 0.182. The highest BCUT2D eigenvalue weighted by Gasteiger charge is 2.31. The van der Waals surface area contributed by atoms with Crippen LogP contribution in [0.25, 0.3) is 0 Å². The zero-order chi connectivity index (χ0) is 11.7. The maximum atomic E-state index is 10.8. The SMILES string of the molecule is COc1ccc2c(c1)OC[C@H]2N(O)C(N)=O. The van der Waals surface area contributed by atoms with Gasteiger partial charge in [0, 0.05) is 11.6 Å². The number of primary amides is 1. The van der Waals surface area contributed by atoms with E-state index < -0.39 is 12.1 Å². The van der Waals surface area contributed by atoms with Gasteiger partial charge in [-0.3, -0.25) is 5.21 Å². The van der Waals surface area contributed by atoms with Crippen molar-refractivity contribution in [3.63, 3.8) is 0 Å². The van der Waals surface area contributed by atoms with E-state index in [9.17, 15) is 10.0 Å². The average Bonchev–Trinajstić information content (AvgIpc) is 2.70. The van der Waals surface area contributed by atoms with E-state index >= 15 is 0 Å². The Hall–Kier alpha value is -1.95. The first-order chi connectivity index (χ1) is 7.63. The summed E-state index contributed by atoms with van der Waals surface area (Å²) >= 11 is 0. The molecule has 0 fully saturated rings. The first kappa shape index (κ1) is 10.6. The number of urea groups is 1. The fourth-order valence-corrected chi connectivity index (χ4v) is 1.66. The lowest BCUT2D eigenvalue weighted by Crippen LogP contribution is -2.36. The number of benzene rings is 1. The van der Waals surface area contributed by atoms with Gasteiger partial charge < -0.3 is 15.2 Å². The standard InChI is InChI=1S/C10H12N2O4/c1-15-6-2-3-7-8(12(14)10(11)13)5-16-9(7)4-6/h2-4,8,14H,5H2,1H3,(H2,11,13)/t8-/m1/s1. The number of rotatable bonds is 2. The Bertz CT molecular complexity index is 421. The molecule has 6 nitrogen and oxygen atoms in total. The van der Waals surface area contributed by atoms with E-state index in [0.717, 1.165) is 0 Å². The van der Waals surface area contributed by atoms with E-state index in [-0.39, 0.29) is 6.61 Å². The monoisotopic (exact) mass is 224 g/mol. The highest BCUT2D eigenvalue weighted by atomic mass is 16.5. The summed E-state index contributed by atoms with van der Waals surface area (Å²) < 4.78 is 10.4. The predicted molar refractivity (Wildman–Crippen MR) is 54.4 cm³/mol. The molecule has 0 spiro atoms. The molecule has 16 heavy (non-hydrogen) atoms. The van der Waals surface area contributed by atoms with Gasteiger partial charge in [-0.05, 0) is 12.1 Å². The van der Waals surface area contributed by atoms with E-state index in [4.69, 9.17) is 15.2 Å². The van der Waals surface area contributed by atoms with Crippen LogP contribution in [0.2, 0.25) is 0 Å². The minimum absolute atomic E-state index is 0.182. The molecule has 0 aliphatic carbocycles. The molecule has 1 heterocycles. The maximum absolute atomic E-state index is 10.8. The van der Waals surface area contributed by atoms with Crippen LogP contribution in [0.4, 0.5) is 4.79 Å². The molecular formula is C10H12N2O4. The zero-order valence-electron chi connectivity index (χ0n) is 8.71. The van der Waals surface area contributed by atoms with E-state index in [1.165, 1.54) is 0 Å². The molecule has 1 atom stereocenters. The normalized spacial score (nSPS) is 17.5. The second kappa shape index (κ2) is 3.90. The van der Waals surface area contributed by atoms with E-state index in [2.05, 4.69) is 0 Å². The smallest absolute Gasteiger partial charge is 0.339 e. The molecule has 0 saturated carbocycles. The van der Waals surface area contributed by atoms with Crippen LogP contribution in [0.15, 0.2) is 18.2 Å². The number of hydrogen-bond acceptors (Lipinski definition) is 4. The lowest BCUT2D eigenvalue weighted by atomic mass is 10.1. The van der Waals surface area contributed by atoms with E-state index in [1.807, 2.05) is 0 Å². The molecule has 0 aromatic heterocycles. The third-order valence-corrected chi connectivity index (χ3v) is 2.50. The third kappa shape index (κ3) is 1.63. The molecule has 0 unspecified atom stereocenters. The van der Waals surface area contributed by atoms with Gasteiger partial charge in [0.15, 0.2) is 0 Å². The third-order valence-electron chi connectivity index (χ3n) is 2.50. The summed E-state index contributed by atoms with van der Waals surface area (Å²) in [6, 6.07) is 3.70. The molecule has 1 aliphatic rings. The molecule has 3 N–H and O–H groups in total. The van der Waals surface area contributed by atoms with Crippen LogP contribution in [0.5, 0.6) is 11.5 Å². The highest BCUT2D eigenvalue weighted by molar-refractivity contribution is 5.71. The minimum Gasteiger partial charge on any atom is -0.497 e. The van der Waals surface area contributed by atoms with Crippen molar-refractivity contribution in [3.05, 3.63) is 23.8 Å². The lowest BCUT2D eigenvalue weighted by Gasteiger charge is -2.18. The predicted octanol–water partition coefficient (Wildman–Crippen LogP) is 0.899. The number of carbonyl (C=O) groups is 1.